The van der Waals surface area contributed by atoms with E-state index in [1.807, 2.05) is 54.6 Å². The number of aliphatic hydroxyl groups excluding tert-OH is 1. The number of rotatable bonds is 18. The molecule has 10 nitrogen and oxygen atoms in total. The number of nitrogens with one attached hydrogen (secondary N) is 2. The van der Waals surface area contributed by atoms with Crippen molar-refractivity contribution >= 4 is 29.1 Å². The van der Waals surface area contributed by atoms with Gasteiger partial charge >= 0.3 is 5.97 Å². The molecule has 0 bridgehead atoms. The molecule has 0 saturated heterocycles. The summed E-state index contributed by atoms with van der Waals surface area (Å²) in [6.45, 7) is 12.4. The molecule has 2 heterocycles. The molecule has 2 amide bonds. The van der Waals surface area contributed by atoms with Crippen LogP contribution in [0.25, 0.3) is 22.5 Å². The third kappa shape index (κ3) is 11.4. The first-order chi connectivity index (χ1) is 24.8. The minimum atomic E-state index is -1.54. The predicted octanol–water partition coefficient (Wildman–Crippen LogP) is 7.45. The first kappa shape index (κ1) is 40.2. The summed E-state index contributed by atoms with van der Waals surface area (Å²) in [6.07, 6.45) is 8.28. The number of hydrogen-bond acceptors (Lipinski definition) is 8. The van der Waals surface area contributed by atoms with Crippen LogP contribution in [0, 0.1) is 5.92 Å². The molecule has 0 aliphatic carbocycles. The van der Waals surface area contributed by atoms with E-state index in [1.54, 1.807) is 32.3 Å². The van der Waals surface area contributed by atoms with Gasteiger partial charge in [-0.3, -0.25) is 9.59 Å². The molecule has 0 saturated carbocycles. The molecule has 3 atom stereocenters. The van der Waals surface area contributed by atoms with E-state index in [9.17, 15) is 24.6 Å². The van der Waals surface area contributed by atoms with E-state index in [0.717, 1.165) is 39.3 Å². The fourth-order valence-corrected chi connectivity index (χ4v) is 6.49. The van der Waals surface area contributed by atoms with Crippen molar-refractivity contribution in [1.82, 2.24) is 20.6 Å². The van der Waals surface area contributed by atoms with E-state index in [-0.39, 0.29) is 11.8 Å². The molecule has 278 valence electrons. The van der Waals surface area contributed by atoms with Crippen molar-refractivity contribution in [2.24, 2.45) is 5.92 Å². The van der Waals surface area contributed by atoms with Gasteiger partial charge in [0.15, 0.2) is 11.9 Å². The Morgan fingerprint density at radius 1 is 0.827 bits per heavy atom. The van der Waals surface area contributed by atoms with Crippen LogP contribution in [0.4, 0.5) is 0 Å². The SMILES string of the molecule is CCCCCCCOc1ccc(-c2cnc(-c3ccc(C[C@H](NC(=O)c4ccc(C(C)(C)C)s4)C(=O)N[C@H](C(=O)O)C(O)C(C)C)cc3)nc2)cc1. The summed E-state index contributed by atoms with van der Waals surface area (Å²) in [5.41, 5.74) is 3.19. The first-order valence-electron chi connectivity index (χ1n) is 18.0. The van der Waals surface area contributed by atoms with Gasteiger partial charge in [-0.15, -0.1) is 11.3 Å². The van der Waals surface area contributed by atoms with Gasteiger partial charge in [0, 0.05) is 34.8 Å². The van der Waals surface area contributed by atoms with Gasteiger partial charge in [0.25, 0.3) is 5.91 Å². The number of carboxylic acid groups (broad SMARTS) is 1. The molecule has 2 aromatic carbocycles. The van der Waals surface area contributed by atoms with E-state index in [2.05, 4.69) is 48.3 Å². The first-order valence-corrected chi connectivity index (χ1v) is 18.9. The van der Waals surface area contributed by atoms with Gasteiger partial charge in [-0.1, -0.05) is 104 Å². The number of thiophene rings is 1. The highest BCUT2D eigenvalue weighted by Gasteiger charge is 2.33. The normalized spacial score (nSPS) is 13.3. The lowest BCUT2D eigenvalue weighted by molar-refractivity contribution is -0.146. The molecule has 0 aliphatic rings. The molecule has 0 fully saturated rings. The monoisotopic (exact) mass is 728 g/mol. The minimum Gasteiger partial charge on any atom is -0.494 e. The van der Waals surface area contributed by atoms with Crippen LogP contribution in [-0.4, -0.2) is 62.8 Å². The zero-order chi connectivity index (χ0) is 37.8. The molecular formula is C41H52N4O6S. The van der Waals surface area contributed by atoms with Crippen LogP contribution in [0.1, 0.15) is 93.8 Å². The second kappa shape index (κ2) is 18.8. The summed E-state index contributed by atoms with van der Waals surface area (Å²) in [5, 5.41) is 25.5. The van der Waals surface area contributed by atoms with Crippen LogP contribution in [-0.2, 0) is 21.4 Å². The van der Waals surface area contributed by atoms with Crippen molar-refractivity contribution in [3.05, 3.63) is 88.4 Å². The average Bonchev–Trinajstić information content (AvgIpc) is 3.64. The molecule has 11 heteroatoms. The number of aliphatic hydroxyl groups is 1. The number of aromatic nitrogens is 2. The maximum atomic E-state index is 13.5. The second-order valence-corrected chi connectivity index (χ2v) is 15.6. The summed E-state index contributed by atoms with van der Waals surface area (Å²) < 4.78 is 5.89. The van der Waals surface area contributed by atoms with E-state index in [0.29, 0.717) is 17.3 Å². The Labute approximate surface area is 311 Å². The lowest BCUT2D eigenvalue weighted by atomic mass is 9.95. The fourth-order valence-electron chi connectivity index (χ4n) is 5.52. The molecule has 0 radical (unpaired) electrons. The number of carboxylic acids is 1. The Kier molecular flexibility index (Phi) is 14.5. The topological polar surface area (TPSA) is 151 Å². The Bertz CT molecular complexity index is 1750. The van der Waals surface area contributed by atoms with Crippen LogP contribution < -0.4 is 15.4 Å². The summed E-state index contributed by atoms with van der Waals surface area (Å²) >= 11 is 1.34. The van der Waals surface area contributed by atoms with Crippen LogP contribution in [0.2, 0.25) is 0 Å². The van der Waals surface area contributed by atoms with Crippen molar-refractivity contribution in [1.29, 1.82) is 0 Å². The zero-order valence-electron chi connectivity index (χ0n) is 31.0. The quantitative estimate of drug-likeness (QED) is 0.0772. The number of unbranched alkanes of at least 4 members (excludes halogenated alkanes) is 4. The lowest BCUT2D eigenvalue weighted by Gasteiger charge is -2.26. The smallest absolute Gasteiger partial charge is 0.328 e. The molecule has 0 aliphatic heterocycles. The number of amides is 2. The van der Waals surface area contributed by atoms with Gasteiger partial charge < -0.3 is 25.6 Å². The standard InChI is InChI=1S/C41H52N4O6S/c1-7-8-9-10-11-22-51-31-18-16-28(17-19-31)30-24-42-37(43-25-30)29-14-12-27(13-15-29)23-32(38(47)45-35(40(49)50)36(46)26(2)3)44-39(48)33-20-21-34(52-33)41(4,5)6/h12-21,24-26,32,35-36,46H,7-11,22-23H2,1-6H3,(H,44,48)(H,45,47)(H,49,50)/t32-,35-,36?/m0/s1. The molecule has 4 N–H and O–H groups in total. The van der Waals surface area contributed by atoms with Crippen molar-refractivity contribution in [3.8, 4) is 28.3 Å². The fraction of sp³-hybridized carbons (Fsp3) is 0.439. The minimum absolute atomic E-state index is 0.0812. The second-order valence-electron chi connectivity index (χ2n) is 14.5. The van der Waals surface area contributed by atoms with Gasteiger partial charge in [0.1, 0.15) is 11.8 Å². The molecule has 4 aromatic rings. The Morgan fingerprint density at radius 3 is 2.04 bits per heavy atom. The molecule has 0 spiro atoms. The Balaban J connectivity index is 1.45. The van der Waals surface area contributed by atoms with Crippen LogP contribution in [0.5, 0.6) is 5.75 Å². The number of carbonyl (C=O) groups is 3. The average molecular weight is 729 g/mol. The zero-order valence-corrected chi connectivity index (χ0v) is 31.8. The summed E-state index contributed by atoms with van der Waals surface area (Å²) in [4.78, 5) is 49.5. The molecule has 52 heavy (non-hydrogen) atoms. The lowest BCUT2D eigenvalue weighted by Crippen LogP contribution is -2.56. The molecular weight excluding hydrogens is 677 g/mol. The highest BCUT2D eigenvalue weighted by Crippen LogP contribution is 2.30. The van der Waals surface area contributed by atoms with Gasteiger partial charge in [0.05, 0.1) is 17.6 Å². The number of aliphatic carboxylic acids is 1. The third-order valence-electron chi connectivity index (χ3n) is 8.79. The van der Waals surface area contributed by atoms with Gasteiger partial charge in [-0.2, -0.15) is 0 Å². The van der Waals surface area contributed by atoms with Gasteiger partial charge in [-0.05, 0) is 53.1 Å². The Hall–Kier alpha value is -4.61. The van der Waals surface area contributed by atoms with E-state index >= 15 is 0 Å². The Morgan fingerprint density at radius 2 is 1.46 bits per heavy atom. The van der Waals surface area contributed by atoms with Crippen molar-refractivity contribution < 1.29 is 29.3 Å². The van der Waals surface area contributed by atoms with Crippen LogP contribution in [0.3, 0.4) is 0 Å². The molecule has 4 rings (SSSR count). The predicted molar refractivity (Wildman–Crippen MR) is 206 cm³/mol. The highest BCUT2D eigenvalue weighted by atomic mass is 32.1. The summed E-state index contributed by atoms with van der Waals surface area (Å²) in [5.74, 6) is -1.57. The van der Waals surface area contributed by atoms with E-state index < -0.39 is 41.9 Å². The van der Waals surface area contributed by atoms with Crippen LogP contribution >= 0.6 is 11.3 Å². The molecule has 2 aromatic heterocycles. The van der Waals surface area contributed by atoms with Crippen LogP contribution in [0.15, 0.2) is 73.1 Å². The number of benzene rings is 2. The number of hydrogen-bond donors (Lipinski definition) is 4. The number of nitrogens with zero attached hydrogens (tertiary/aromatic N) is 2. The van der Waals surface area contributed by atoms with Crippen molar-refractivity contribution in [2.45, 2.75) is 104 Å². The highest BCUT2D eigenvalue weighted by molar-refractivity contribution is 7.14. The molecule has 1 unspecified atom stereocenters. The summed E-state index contributed by atoms with van der Waals surface area (Å²) in [7, 11) is 0. The largest absolute Gasteiger partial charge is 0.494 e. The van der Waals surface area contributed by atoms with E-state index in [4.69, 9.17) is 4.74 Å². The summed E-state index contributed by atoms with van der Waals surface area (Å²) in [6, 6.07) is 16.2. The van der Waals surface area contributed by atoms with Gasteiger partial charge in [-0.25, -0.2) is 14.8 Å². The van der Waals surface area contributed by atoms with Gasteiger partial charge in [0.2, 0.25) is 5.91 Å². The van der Waals surface area contributed by atoms with E-state index in [1.165, 1.54) is 37.0 Å². The van der Waals surface area contributed by atoms with Crippen molar-refractivity contribution in [2.75, 3.05) is 6.61 Å². The number of carbonyl (C=O) groups excluding carboxylic acids is 2. The third-order valence-corrected chi connectivity index (χ3v) is 10.3. The maximum Gasteiger partial charge on any atom is 0.328 e. The number of ether oxygens (including phenoxy) is 1. The van der Waals surface area contributed by atoms with Crippen molar-refractivity contribution in [3.63, 3.8) is 0 Å². The maximum absolute atomic E-state index is 13.5.